The molecule has 0 aliphatic carbocycles. The summed E-state index contributed by atoms with van der Waals surface area (Å²) in [5, 5.41) is 13.4. The van der Waals surface area contributed by atoms with Gasteiger partial charge in [-0.25, -0.2) is 5.43 Å². The Balaban J connectivity index is 2.07. The van der Waals surface area contributed by atoms with Crippen molar-refractivity contribution in [3.05, 3.63) is 29.8 Å². The van der Waals surface area contributed by atoms with Crippen LogP contribution in [0.15, 0.2) is 29.4 Å². The number of hydrazone groups is 1. The van der Waals surface area contributed by atoms with E-state index >= 15 is 0 Å². The molecule has 0 radical (unpaired) electrons. The normalized spacial score (nSPS) is 18.4. The monoisotopic (exact) mass is 278 g/mol. The van der Waals surface area contributed by atoms with E-state index in [2.05, 4.69) is 10.5 Å². The van der Waals surface area contributed by atoms with Crippen molar-refractivity contribution in [2.24, 2.45) is 11.0 Å². The Morgan fingerprint density at radius 2 is 2.10 bits per heavy atom. The molecule has 1 aromatic carbocycles. The molecule has 20 heavy (non-hydrogen) atoms. The van der Waals surface area contributed by atoms with E-state index in [1.54, 1.807) is 7.11 Å². The van der Waals surface area contributed by atoms with Gasteiger partial charge < -0.3 is 14.6 Å². The standard InChI is InChI=1S/C14H18N2O4/c1-19-6-7-20-12-4-2-10(3-5-12)14-11(9-17)8-13(18)15-16-14/h2-5,11,17H,6-9H2,1H3,(H,15,18). The van der Waals surface area contributed by atoms with Gasteiger partial charge in [-0.15, -0.1) is 0 Å². The van der Waals surface area contributed by atoms with Crippen LogP contribution in [0, 0.1) is 5.92 Å². The van der Waals surface area contributed by atoms with Crippen LogP contribution in [0.1, 0.15) is 12.0 Å². The van der Waals surface area contributed by atoms with Gasteiger partial charge in [-0.3, -0.25) is 4.79 Å². The molecule has 0 saturated heterocycles. The minimum absolute atomic E-state index is 0.0989. The number of methoxy groups -OCH3 is 1. The summed E-state index contributed by atoms with van der Waals surface area (Å²) in [4.78, 5) is 11.2. The third-order valence-electron chi connectivity index (χ3n) is 3.05. The lowest BCUT2D eigenvalue weighted by molar-refractivity contribution is -0.122. The predicted octanol–water partition coefficient (Wildman–Crippen LogP) is 0.544. The maximum atomic E-state index is 11.2. The van der Waals surface area contributed by atoms with Crippen LogP contribution in [-0.4, -0.2) is 43.7 Å². The number of aliphatic hydroxyl groups excluding tert-OH is 1. The third-order valence-corrected chi connectivity index (χ3v) is 3.05. The topological polar surface area (TPSA) is 80.2 Å². The molecule has 0 saturated carbocycles. The molecule has 1 atom stereocenters. The molecule has 2 N–H and O–H groups in total. The number of hydrogen-bond donors (Lipinski definition) is 2. The first-order valence-electron chi connectivity index (χ1n) is 6.44. The number of rotatable bonds is 6. The van der Waals surface area contributed by atoms with Gasteiger partial charge in [0.1, 0.15) is 12.4 Å². The first-order valence-corrected chi connectivity index (χ1v) is 6.44. The van der Waals surface area contributed by atoms with Crippen LogP contribution < -0.4 is 10.2 Å². The quantitative estimate of drug-likeness (QED) is 0.744. The average molecular weight is 278 g/mol. The van der Waals surface area contributed by atoms with Crippen molar-refractivity contribution in [3.63, 3.8) is 0 Å². The van der Waals surface area contributed by atoms with Crippen molar-refractivity contribution in [2.45, 2.75) is 6.42 Å². The molecule has 0 spiro atoms. The Morgan fingerprint density at radius 3 is 2.75 bits per heavy atom. The largest absolute Gasteiger partial charge is 0.491 e. The highest BCUT2D eigenvalue weighted by Gasteiger charge is 2.24. The fourth-order valence-electron chi connectivity index (χ4n) is 2.00. The molecule has 6 nitrogen and oxygen atoms in total. The number of nitrogens with one attached hydrogen (secondary N) is 1. The van der Waals surface area contributed by atoms with Gasteiger partial charge in [0.2, 0.25) is 5.91 Å². The molecule has 1 aliphatic rings. The molecule has 0 aromatic heterocycles. The second kappa shape index (κ2) is 7.02. The van der Waals surface area contributed by atoms with E-state index in [1.807, 2.05) is 24.3 Å². The van der Waals surface area contributed by atoms with Crippen LogP contribution in [0.5, 0.6) is 5.75 Å². The van der Waals surface area contributed by atoms with E-state index in [0.717, 1.165) is 11.3 Å². The number of carbonyl (C=O) groups is 1. The Bertz CT molecular complexity index is 484. The number of hydrogen-bond acceptors (Lipinski definition) is 5. The number of aliphatic hydroxyl groups is 1. The highest BCUT2D eigenvalue weighted by atomic mass is 16.5. The summed E-state index contributed by atoms with van der Waals surface area (Å²) in [6, 6.07) is 7.39. The van der Waals surface area contributed by atoms with E-state index in [1.165, 1.54) is 0 Å². The second-order valence-corrected chi connectivity index (χ2v) is 4.48. The molecular weight excluding hydrogens is 260 g/mol. The molecule has 108 valence electrons. The van der Waals surface area contributed by atoms with Crippen LogP contribution in [0.25, 0.3) is 0 Å². The first kappa shape index (κ1) is 14.5. The van der Waals surface area contributed by atoms with Gasteiger partial charge in [0, 0.05) is 19.4 Å². The van der Waals surface area contributed by atoms with Gasteiger partial charge in [0.05, 0.1) is 18.9 Å². The Hall–Kier alpha value is -1.92. The minimum Gasteiger partial charge on any atom is -0.491 e. The molecule has 0 bridgehead atoms. The number of nitrogens with zero attached hydrogens (tertiary/aromatic N) is 1. The predicted molar refractivity (Wildman–Crippen MR) is 73.7 cm³/mol. The summed E-state index contributed by atoms with van der Waals surface area (Å²) in [7, 11) is 1.62. The Kier molecular flexibility index (Phi) is 5.09. The summed E-state index contributed by atoms with van der Waals surface area (Å²) in [6.07, 6.45) is 0.251. The van der Waals surface area contributed by atoms with Crippen molar-refractivity contribution in [1.82, 2.24) is 5.43 Å². The van der Waals surface area contributed by atoms with Crippen molar-refractivity contribution < 1.29 is 19.4 Å². The van der Waals surface area contributed by atoms with E-state index < -0.39 is 0 Å². The fraction of sp³-hybridized carbons (Fsp3) is 0.429. The van der Waals surface area contributed by atoms with Crippen LogP contribution in [0.3, 0.4) is 0 Å². The van der Waals surface area contributed by atoms with Crippen molar-refractivity contribution in [3.8, 4) is 5.75 Å². The van der Waals surface area contributed by atoms with Gasteiger partial charge in [0.15, 0.2) is 0 Å². The van der Waals surface area contributed by atoms with Crippen molar-refractivity contribution in [1.29, 1.82) is 0 Å². The average Bonchev–Trinajstić information content (AvgIpc) is 2.48. The van der Waals surface area contributed by atoms with E-state index in [9.17, 15) is 9.90 Å². The number of benzene rings is 1. The molecule has 1 amide bonds. The second-order valence-electron chi connectivity index (χ2n) is 4.48. The molecule has 0 fully saturated rings. The zero-order valence-electron chi connectivity index (χ0n) is 11.3. The maximum Gasteiger partial charge on any atom is 0.240 e. The van der Waals surface area contributed by atoms with Gasteiger partial charge in [0.25, 0.3) is 0 Å². The third kappa shape index (κ3) is 3.55. The number of amides is 1. The molecule has 1 aliphatic heterocycles. The smallest absolute Gasteiger partial charge is 0.240 e. The molecular formula is C14H18N2O4. The van der Waals surface area contributed by atoms with E-state index in [4.69, 9.17) is 9.47 Å². The summed E-state index contributed by atoms with van der Waals surface area (Å²) in [6.45, 7) is 0.928. The Labute approximate surface area is 117 Å². The maximum absolute atomic E-state index is 11.2. The SMILES string of the molecule is COCCOc1ccc(C2=NNC(=O)CC2CO)cc1. The Morgan fingerprint density at radius 1 is 1.35 bits per heavy atom. The lowest BCUT2D eigenvalue weighted by Gasteiger charge is -2.21. The lowest BCUT2D eigenvalue weighted by atomic mass is 9.93. The molecule has 1 aromatic rings. The summed E-state index contributed by atoms with van der Waals surface area (Å²) in [5.74, 6) is 0.308. The minimum atomic E-state index is -0.260. The van der Waals surface area contributed by atoms with Gasteiger partial charge in [-0.2, -0.15) is 5.10 Å². The van der Waals surface area contributed by atoms with Crippen LogP contribution in [0.4, 0.5) is 0 Å². The first-order chi connectivity index (χ1) is 9.74. The zero-order chi connectivity index (χ0) is 14.4. The van der Waals surface area contributed by atoms with E-state index in [0.29, 0.717) is 18.9 Å². The van der Waals surface area contributed by atoms with Crippen molar-refractivity contribution in [2.75, 3.05) is 26.9 Å². The van der Waals surface area contributed by atoms with Crippen LogP contribution in [0.2, 0.25) is 0 Å². The zero-order valence-corrected chi connectivity index (χ0v) is 11.3. The molecule has 1 unspecified atom stereocenters. The number of ether oxygens (including phenoxy) is 2. The summed E-state index contributed by atoms with van der Waals surface area (Å²) >= 11 is 0. The van der Waals surface area contributed by atoms with Crippen molar-refractivity contribution >= 4 is 11.6 Å². The molecule has 6 heteroatoms. The fourth-order valence-corrected chi connectivity index (χ4v) is 2.00. The summed E-state index contributed by atoms with van der Waals surface area (Å²) < 4.78 is 10.4. The van der Waals surface area contributed by atoms with Gasteiger partial charge in [-0.1, -0.05) is 0 Å². The van der Waals surface area contributed by atoms with Gasteiger partial charge in [-0.05, 0) is 29.8 Å². The highest BCUT2D eigenvalue weighted by molar-refractivity contribution is 6.06. The molecule has 2 rings (SSSR count). The summed E-state index contributed by atoms with van der Waals surface area (Å²) in [5.41, 5.74) is 4.00. The van der Waals surface area contributed by atoms with E-state index in [-0.39, 0.29) is 24.9 Å². The molecule has 1 heterocycles. The lowest BCUT2D eigenvalue weighted by Crippen LogP contribution is -2.35. The van der Waals surface area contributed by atoms with Gasteiger partial charge >= 0.3 is 0 Å². The van der Waals surface area contributed by atoms with Crippen LogP contribution >= 0.6 is 0 Å². The highest BCUT2D eigenvalue weighted by Crippen LogP contribution is 2.19. The van der Waals surface area contributed by atoms with Crippen LogP contribution in [-0.2, 0) is 9.53 Å². The number of carbonyl (C=O) groups excluding carboxylic acids is 1.